The molecule has 10 heteroatoms. The first-order valence-corrected chi connectivity index (χ1v) is 15.6. The molecule has 0 fully saturated rings. The van der Waals surface area contributed by atoms with Crippen molar-refractivity contribution in [1.29, 1.82) is 0 Å². The van der Waals surface area contributed by atoms with Crippen LogP contribution in [0.1, 0.15) is 107 Å². The first-order chi connectivity index (χ1) is 18.3. The molecular weight excluding hydrogens is 519 g/mol. The van der Waals surface area contributed by atoms with E-state index in [4.69, 9.17) is 23.3 Å². The van der Waals surface area contributed by atoms with Crippen molar-refractivity contribution in [2.24, 2.45) is 0 Å². The van der Waals surface area contributed by atoms with Crippen molar-refractivity contribution in [2.75, 3.05) is 26.4 Å². The second-order valence-corrected chi connectivity index (χ2v) is 12.8. The molecule has 0 aliphatic carbocycles. The van der Waals surface area contributed by atoms with E-state index in [9.17, 15) is 9.59 Å². The third kappa shape index (κ3) is 20.3. The van der Waals surface area contributed by atoms with Gasteiger partial charge in [0.15, 0.2) is 0 Å². The molecule has 230 valence electrons. The van der Waals surface area contributed by atoms with E-state index < -0.39 is 26.3 Å². The van der Waals surface area contributed by atoms with Gasteiger partial charge in [0, 0.05) is 25.4 Å². The standard InChI is InChI=1S/C29H57N2O7P/c1-11-13-14-15-16-17-27(37-25(7)32)18-20-34-21-26(30-28(33)38-29(8,9)10)22-36-39(35-19-12-2)31(23(3)4)24(5)6/h12,23-24,26-27H,2,11,13-22H2,1,3-10H3,(H,30,33)/t26-,27-,39?/m1/s1. The van der Waals surface area contributed by atoms with E-state index >= 15 is 0 Å². The maximum atomic E-state index is 12.5. The minimum Gasteiger partial charge on any atom is -0.462 e. The van der Waals surface area contributed by atoms with Crippen LogP contribution in [-0.4, -0.2) is 73.0 Å². The molecule has 0 heterocycles. The summed E-state index contributed by atoms with van der Waals surface area (Å²) in [4.78, 5) is 24.1. The van der Waals surface area contributed by atoms with E-state index in [2.05, 4.69) is 51.2 Å². The zero-order chi connectivity index (χ0) is 29.8. The van der Waals surface area contributed by atoms with Crippen molar-refractivity contribution < 1.29 is 32.8 Å². The lowest BCUT2D eigenvalue weighted by Crippen LogP contribution is -2.44. The van der Waals surface area contributed by atoms with Crippen molar-refractivity contribution >= 4 is 20.6 Å². The second-order valence-electron chi connectivity index (χ2n) is 11.3. The van der Waals surface area contributed by atoms with Gasteiger partial charge in [0.05, 0.1) is 32.5 Å². The van der Waals surface area contributed by atoms with Crippen molar-refractivity contribution in [2.45, 2.75) is 137 Å². The molecular formula is C29H57N2O7P. The molecule has 0 spiro atoms. The molecule has 3 atom stereocenters. The Kier molecular flexibility index (Phi) is 20.8. The lowest BCUT2D eigenvalue weighted by atomic mass is 10.1. The van der Waals surface area contributed by atoms with Crippen LogP contribution in [0.3, 0.4) is 0 Å². The molecule has 0 rings (SSSR count). The van der Waals surface area contributed by atoms with Gasteiger partial charge in [-0.15, -0.1) is 6.58 Å². The summed E-state index contributed by atoms with van der Waals surface area (Å²) in [5.74, 6) is -0.279. The largest absolute Gasteiger partial charge is 0.462 e. The maximum absolute atomic E-state index is 12.5. The minimum absolute atomic E-state index is 0.177. The third-order valence-electron chi connectivity index (χ3n) is 5.52. The Morgan fingerprint density at radius 1 is 0.974 bits per heavy atom. The molecule has 0 aromatic heterocycles. The van der Waals surface area contributed by atoms with Gasteiger partial charge in [0.2, 0.25) is 0 Å². The van der Waals surface area contributed by atoms with Gasteiger partial charge in [-0.25, -0.2) is 9.46 Å². The van der Waals surface area contributed by atoms with E-state index in [1.54, 1.807) is 6.08 Å². The Labute approximate surface area is 239 Å². The topological polar surface area (TPSA) is 95.6 Å². The summed E-state index contributed by atoms with van der Waals surface area (Å²) in [7, 11) is -1.39. The van der Waals surface area contributed by atoms with Gasteiger partial charge in [-0.1, -0.05) is 38.7 Å². The number of carbonyl (C=O) groups excluding carboxylic acids is 2. The fraction of sp³-hybridized carbons (Fsp3) is 0.862. The van der Waals surface area contributed by atoms with E-state index in [0.717, 1.165) is 19.3 Å². The number of alkyl carbamates (subject to hydrolysis) is 1. The summed E-state index contributed by atoms with van der Waals surface area (Å²) < 4.78 is 31.3. The highest BCUT2D eigenvalue weighted by Crippen LogP contribution is 2.45. The number of nitrogens with one attached hydrogen (secondary N) is 1. The summed E-state index contributed by atoms with van der Waals surface area (Å²) in [6.45, 7) is 22.4. The third-order valence-corrected chi connectivity index (χ3v) is 7.56. The number of esters is 1. The van der Waals surface area contributed by atoms with E-state index in [1.807, 2.05) is 20.8 Å². The molecule has 1 unspecified atom stereocenters. The molecule has 0 saturated heterocycles. The number of hydrogen-bond donors (Lipinski definition) is 1. The van der Waals surface area contributed by atoms with Crippen LogP contribution >= 0.6 is 8.53 Å². The SMILES string of the molecule is C=CCOP(OC[C@@H](COCC[C@@H](CCCCCCC)OC(C)=O)NC(=O)OC(C)(C)C)N(C(C)C)C(C)C. The first kappa shape index (κ1) is 37.8. The fourth-order valence-corrected chi connectivity index (χ4v) is 5.57. The van der Waals surface area contributed by atoms with Crippen LogP contribution in [0.5, 0.6) is 0 Å². The van der Waals surface area contributed by atoms with Gasteiger partial charge in [0.1, 0.15) is 11.7 Å². The van der Waals surface area contributed by atoms with Crippen LogP contribution in [-0.2, 0) is 28.1 Å². The summed E-state index contributed by atoms with van der Waals surface area (Å²) >= 11 is 0. The molecule has 0 bridgehead atoms. The van der Waals surface area contributed by atoms with Crippen LogP contribution < -0.4 is 5.32 Å². The predicted octanol–water partition coefficient (Wildman–Crippen LogP) is 7.14. The van der Waals surface area contributed by atoms with Crippen LogP contribution in [0.25, 0.3) is 0 Å². The van der Waals surface area contributed by atoms with Gasteiger partial charge < -0.3 is 28.6 Å². The van der Waals surface area contributed by atoms with Crippen LogP contribution in [0.2, 0.25) is 0 Å². The number of unbranched alkanes of at least 4 members (excludes halogenated alkanes) is 4. The molecule has 9 nitrogen and oxygen atoms in total. The fourth-order valence-electron chi connectivity index (χ4n) is 3.93. The highest BCUT2D eigenvalue weighted by molar-refractivity contribution is 7.44. The number of amides is 1. The smallest absolute Gasteiger partial charge is 0.408 e. The summed E-state index contributed by atoms with van der Waals surface area (Å²) in [5.41, 5.74) is -0.628. The Bertz CT molecular complexity index is 663. The Morgan fingerprint density at radius 2 is 1.62 bits per heavy atom. The Morgan fingerprint density at radius 3 is 2.15 bits per heavy atom. The number of rotatable bonds is 22. The molecule has 0 saturated carbocycles. The van der Waals surface area contributed by atoms with Crippen molar-refractivity contribution in [3.8, 4) is 0 Å². The zero-order valence-electron chi connectivity index (χ0n) is 26.1. The normalized spacial score (nSPS) is 14.4. The highest BCUT2D eigenvalue weighted by atomic mass is 31.2. The average Bonchev–Trinajstić information content (AvgIpc) is 2.80. The highest BCUT2D eigenvalue weighted by Gasteiger charge is 2.29. The number of carbonyl (C=O) groups is 2. The van der Waals surface area contributed by atoms with E-state index in [0.29, 0.717) is 19.6 Å². The van der Waals surface area contributed by atoms with Crippen molar-refractivity contribution in [1.82, 2.24) is 9.99 Å². The Balaban J connectivity index is 5.19. The van der Waals surface area contributed by atoms with Gasteiger partial charge in [-0.3, -0.25) is 4.79 Å². The predicted molar refractivity (Wildman–Crippen MR) is 159 cm³/mol. The number of hydrogen-bond acceptors (Lipinski definition) is 8. The first-order valence-electron chi connectivity index (χ1n) is 14.5. The lowest BCUT2D eigenvalue weighted by molar-refractivity contribution is -0.147. The molecule has 1 N–H and O–H groups in total. The second kappa shape index (κ2) is 21.5. The van der Waals surface area contributed by atoms with Gasteiger partial charge in [0.25, 0.3) is 8.53 Å². The monoisotopic (exact) mass is 576 g/mol. The quantitative estimate of drug-likeness (QED) is 0.0629. The van der Waals surface area contributed by atoms with Crippen molar-refractivity contribution in [3.63, 3.8) is 0 Å². The molecule has 0 aromatic rings. The summed E-state index contributed by atoms with van der Waals surface area (Å²) in [5, 5.41) is 2.88. The number of nitrogens with zero attached hydrogens (tertiary/aromatic N) is 1. The van der Waals surface area contributed by atoms with E-state index in [-0.39, 0.29) is 37.4 Å². The lowest BCUT2D eigenvalue weighted by Gasteiger charge is -2.36. The maximum Gasteiger partial charge on any atom is 0.408 e. The molecule has 39 heavy (non-hydrogen) atoms. The zero-order valence-corrected chi connectivity index (χ0v) is 27.0. The van der Waals surface area contributed by atoms with Crippen molar-refractivity contribution in [3.05, 3.63) is 12.7 Å². The van der Waals surface area contributed by atoms with E-state index in [1.165, 1.54) is 26.2 Å². The van der Waals surface area contributed by atoms with Crippen LogP contribution in [0, 0.1) is 0 Å². The average molecular weight is 577 g/mol. The van der Waals surface area contributed by atoms with Crippen LogP contribution in [0.15, 0.2) is 12.7 Å². The van der Waals surface area contributed by atoms with Gasteiger partial charge in [-0.2, -0.15) is 0 Å². The molecule has 1 amide bonds. The molecule has 0 radical (unpaired) electrons. The summed E-state index contributed by atoms with van der Waals surface area (Å²) in [6.07, 6.45) is 8.16. The molecule has 0 aliphatic rings. The Hall–Kier alpha value is -1.25. The summed E-state index contributed by atoms with van der Waals surface area (Å²) in [6, 6.07) is -0.0520. The van der Waals surface area contributed by atoms with Gasteiger partial charge >= 0.3 is 12.1 Å². The molecule has 0 aromatic carbocycles. The number of ether oxygens (including phenoxy) is 3. The van der Waals surface area contributed by atoms with Crippen LogP contribution in [0.4, 0.5) is 4.79 Å². The van der Waals surface area contributed by atoms with Gasteiger partial charge in [-0.05, 0) is 61.3 Å². The molecule has 0 aliphatic heterocycles. The minimum atomic E-state index is -1.39.